The average Bonchev–Trinajstić information content (AvgIpc) is 2.96. The zero-order valence-electron chi connectivity index (χ0n) is 25.8. The van der Waals surface area contributed by atoms with E-state index in [1.54, 1.807) is 0 Å². The lowest BCUT2D eigenvalue weighted by Gasteiger charge is -2.15. The summed E-state index contributed by atoms with van der Waals surface area (Å²) in [6, 6.07) is 0. The van der Waals surface area contributed by atoms with E-state index >= 15 is 0 Å². The maximum atomic E-state index is 12.1. The second-order valence-electron chi connectivity index (χ2n) is 10.5. The van der Waals surface area contributed by atoms with Gasteiger partial charge in [0.05, 0.1) is 6.61 Å². The smallest absolute Gasteiger partial charge is 0.306 e. The number of carbonyl (C=O) groups is 2. The third-order valence-electron chi connectivity index (χ3n) is 6.63. The van der Waals surface area contributed by atoms with E-state index in [4.69, 9.17) is 9.47 Å². The van der Waals surface area contributed by atoms with Crippen molar-refractivity contribution in [3.8, 4) is 0 Å². The highest BCUT2D eigenvalue weighted by Crippen LogP contribution is 2.10. The summed E-state index contributed by atoms with van der Waals surface area (Å²) in [5.41, 5.74) is 0. The van der Waals surface area contributed by atoms with Crippen molar-refractivity contribution in [1.82, 2.24) is 0 Å². The highest BCUT2D eigenvalue weighted by atomic mass is 16.6. The molecule has 0 aromatic carbocycles. The molecule has 1 N–H and O–H groups in total. The van der Waals surface area contributed by atoms with Gasteiger partial charge in [0.25, 0.3) is 0 Å². The second kappa shape index (κ2) is 31.4. The highest BCUT2D eigenvalue weighted by molar-refractivity contribution is 5.70. The first-order chi connectivity index (χ1) is 19.6. The van der Waals surface area contributed by atoms with Gasteiger partial charge in [-0.25, -0.2) is 0 Å². The Morgan fingerprint density at radius 1 is 0.575 bits per heavy atom. The van der Waals surface area contributed by atoms with Gasteiger partial charge in [0.15, 0.2) is 6.10 Å². The van der Waals surface area contributed by atoms with Crippen molar-refractivity contribution in [2.24, 2.45) is 0 Å². The molecule has 0 aromatic rings. The molecule has 0 amide bonds. The first-order valence-corrected chi connectivity index (χ1v) is 16.2. The Kier molecular flexibility index (Phi) is 29.7. The molecule has 230 valence electrons. The van der Waals surface area contributed by atoms with Gasteiger partial charge in [-0.05, 0) is 57.8 Å². The van der Waals surface area contributed by atoms with Crippen LogP contribution in [0.25, 0.3) is 0 Å². The topological polar surface area (TPSA) is 72.8 Å². The van der Waals surface area contributed by atoms with E-state index in [0.717, 1.165) is 64.2 Å². The normalized spacial score (nSPS) is 12.8. The predicted molar refractivity (Wildman–Crippen MR) is 168 cm³/mol. The van der Waals surface area contributed by atoms with Gasteiger partial charge in [-0.15, -0.1) is 0 Å². The molecular formula is C35H60O5. The van der Waals surface area contributed by atoms with Crippen LogP contribution in [-0.2, 0) is 19.1 Å². The van der Waals surface area contributed by atoms with E-state index in [2.05, 4.69) is 62.5 Å². The molecule has 0 saturated heterocycles. The van der Waals surface area contributed by atoms with Gasteiger partial charge < -0.3 is 14.6 Å². The molecule has 1 atom stereocenters. The van der Waals surface area contributed by atoms with Crippen LogP contribution in [0.2, 0.25) is 0 Å². The van der Waals surface area contributed by atoms with Crippen LogP contribution in [0.5, 0.6) is 0 Å². The van der Waals surface area contributed by atoms with Crippen molar-refractivity contribution in [3.63, 3.8) is 0 Å². The quantitative estimate of drug-likeness (QED) is 0.0586. The fraction of sp³-hybridized carbons (Fsp3) is 0.714. The summed E-state index contributed by atoms with van der Waals surface area (Å²) in [5, 5.41) is 9.45. The molecular weight excluding hydrogens is 500 g/mol. The first kappa shape index (κ1) is 37.9. The first-order valence-electron chi connectivity index (χ1n) is 16.2. The molecule has 0 radical (unpaired) electrons. The molecule has 0 unspecified atom stereocenters. The minimum absolute atomic E-state index is 0.0797. The van der Waals surface area contributed by atoms with Crippen LogP contribution >= 0.6 is 0 Å². The summed E-state index contributed by atoms with van der Waals surface area (Å²) in [7, 11) is 0. The van der Waals surface area contributed by atoms with Crippen LogP contribution < -0.4 is 0 Å². The van der Waals surface area contributed by atoms with Gasteiger partial charge in [0.2, 0.25) is 0 Å². The number of hydrogen-bond donors (Lipinski definition) is 1. The molecule has 0 spiro atoms. The van der Waals surface area contributed by atoms with E-state index in [1.165, 1.54) is 51.4 Å². The summed E-state index contributed by atoms with van der Waals surface area (Å²) >= 11 is 0. The summed E-state index contributed by atoms with van der Waals surface area (Å²) < 4.78 is 10.5. The molecule has 0 aliphatic rings. The number of aliphatic hydroxyl groups excluding tert-OH is 1. The van der Waals surface area contributed by atoms with Gasteiger partial charge in [0, 0.05) is 12.8 Å². The van der Waals surface area contributed by atoms with Gasteiger partial charge >= 0.3 is 11.9 Å². The largest absolute Gasteiger partial charge is 0.462 e. The highest BCUT2D eigenvalue weighted by Gasteiger charge is 2.16. The van der Waals surface area contributed by atoms with Gasteiger partial charge in [-0.3, -0.25) is 9.59 Å². The third kappa shape index (κ3) is 28.9. The van der Waals surface area contributed by atoms with Crippen molar-refractivity contribution in [3.05, 3.63) is 48.6 Å². The molecule has 0 heterocycles. The van der Waals surface area contributed by atoms with Crippen LogP contribution in [0.15, 0.2) is 48.6 Å². The maximum Gasteiger partial charge on any atom is 0.306 e. The lowest BCUT2D eigenvalue weighted by Crippen LogP contribution is -2.28. The number of carbonyl (C=O) groups excluding carboxylic acids is 2. The summed E-state index contributed by atoms with van der Waals surface area (Å²) in [6.07, 6.45) is 37.4. The van der Waals surface area contributed by atoms with Crippen molar-refractivity contribution in [1.29, 1.82) is 0 Å². The van der Waals surface area contributed by atoms with Crippen LogP contribution in [-0.4, -0.2) is 36.4 Å². The number of ether oxygens (including phenoxy) is 2. The van der Waals surface area contributed by atoms with Crippen molar-refractivity contribution in [2.75, 3.05) is 13.2 Å². The number of esters is 2. The van der Waals surface area contributed by atoms with E-state index in [1.807, 2.05) is 0 Å². The Balaban J connectivity index is 3.69. The predicted octanol–water partition coefficient (Wildman–Crippen LogP) is 9.50. The maximum absolute atomic E-state index is 12.1. The van der Waals surface area contributed by atoms with Crippen molar-refractivity contribution >= 4 is 11.9 Å². The molecule has 0 aromatic heterocycles. The monoisotopic (exact) mass is 560 g/mol. The number of rotatable bonds is 28. The molecule has 5 nitrogen and oxygen atoms in total. The van der Waals surface area contributed by atoms with Gasteiger partial charge in [-0.1, -0.05) is 120 Å². The molecule has 0 rings (SSSR count). The minimum atomic E-state index is -0.783. The Hall–Kier alpha value is -2.14. The lowest BCUT2D eigenvalue weighted by atomic mass is 10.1. The van der Waals surface area contributed by atoms with E-state index in [-0.39, 0.29) is 25.2 Å². The molecule has 0 aliphatic carbocycles. The molecule has 40 heavy (non-hydrogen) atoms. The standard InChI is InChI=1S/C35H60O5/c1-3-5-7-9-11-12-13-14-15-16-17-18-19-20-21-22-24-26-28-30-35(38)40-33(31-36)32-39-34(37)29-27-25-23-10-8-6-4-2/h11-12,14-15,17-18,20-21,33,36H,3-10,13,16,19,22-32H2,1-2H3/b12-11+,15-14+,18-17+,21-20+/t33-/m0/s1. The summed E-state index contributed by atoms with van der Waals surface area (Å²) in [4.78, 5) is 23.9. The van der Waals surface area contributed by atoms with Crippen LogP contribution in [0.4, 0.5) is 0 Å². The fourth-order valence-electron chi connectivity index (χ4n) is 4.12. The van der Waals surface area contributed by atoms with E-state index in [0.29, 0.717) is 12.8 Å². The SMILES string of the molecule is CCCCC/C=C/C/C=C/C/C=C/C/C=C/CCCCCC(=O)O[C@@H](CO)COC(=O)CCCCCCCCC. The Labute approximate surface area is 246 Å². The molecule has 0 aliphatic heterocycles. The van der Waals surface area contributed by atoms with Crippen LogP contribution in [0.1, 0.15) is 142 Å². The van der Waals surface area contributed by atoms with Gasteiger partial charge in [0.1, 0.15) is 6.61 Å². The molecule has 0 saturated carbocycles. The third-order valence-corrected chi connectivity index (χ3v) is 6.63. The summed E-state index contributed by atoms with van der Waals surface area (Å²) in [5.74, 6) is -0.639. The number of hydrogen-bond acceptors (Lipinski definition) is 5. The van der Waals surface area contributed by atoms with E-state index in [9.17, 15) is 14.7 Å². The second-order valence-corrected chi connectivity index (χ2v) is 10.5. The van der Waals surface area contributed by atoms with Crippen molar-refractivity contribution in [2.45, 2.75) is 148 Å². The fourth-order valence-corrected chi connectivity index (χ4v) is 4.12. The Bertz CT molecular complexity index is 692. The zero-order chi connectivity index (χ0) is 29.4. The number of allylic oxidation sites excluding steroid dienone is 8. The van der Waals surface area contributed by atoms with E-state index < -0.39 is 6.10 Å². The average molecular weight is 561 g/mol. The zero-order valence-corrected chi connectivity index (χ0v) is 25.8. The number of unbranched alkanes of at least 4 members (excludes halogenated alkanes) is 12. The Morgan fingerprint density at radius 3 is 1.55 bits per heavy atom. The van der Waals surface area contributed by atoms with Crippen molar-refractivity contribution < 1.29 is 24.2 Å². The van der Waals surface area contributed by atoms with Crippen LogP contribution in [0.3, 0.4) is 0 Å². The number of aliphatic hydroxyl groups is 1. The molecule has 0 fully saturated rings. The van der Waals surface area contributed by atoms with Crippen LogP contribution in [0, 0.1) is 0 Å². The molecule has 0 bridgehead atoms. The minimum Gasteiger partial charge on any atom is -0.462 e. The lowest BCUT2D eigenvalue weighted by molar-refractivity contribution is -0.161. The molecule has 5 heteroatoms. The Morgan fingerprint density at radius 2 is 1.00 bits per heavy atom. The summed E-state index contributed by atoms with van der Waals surface area (Å²) in [6.45, 7) is 4.01. The van der Waals surface area contributed by atoms with Gasteiger partial charge in [-0.2, -0.15) is 0 Å².